The van der Waals surface area contributed by atoms with E-state index in [4.69, 9.17) is 4.74 Å². The molecule has 1 amide bonds. The molecule has 2 rings (SSSR count). The largest absolute Gasteiger partial charge is 0.449 e. The lowest BCUT2D eigenvalue weighted by Gasteiger charge is -2.30. The molecule has 6 heteroatoms. The van der Waals surface area contributed by atoms with Crippen molar-refractivity contribution in [3.8, 4) is 0 Å². The van der Waals surface area contributed by atoms with Crippen LogP contribution in [0.4, 0.5) is 4.79 Å². The van der Waals surface area contributed by atoms with Gasteiger partial charge in [-0.05, 0) is 26.2 Å². The summed E-state index contributed by atoms with van der Waals surface area (Å²) in [6.07, 6.45) is 4.37. The molecule has 0 atom stereocenters. The van der Waals surface area contributed by atoms with Gasteiger partial charge in [0.15, 0.2) is 6.29 Å². The molecule has 0 aromatic carbocycles. The molecule has 1 aliphatic heterocycles. The van der Waals surface area contributed by atoms with Crippen LogP contribution in [0.15, 0.2) is 0 Å². The van der Waals surface area contributed by atoms with Crippen molar-refractivity contribution >= 4 is 23.7 Å². The summed E-state index contributed by atoms with van der Waals surface area (Å²) < 4.78 is 5.23. The van der Waals surface area contributed by atoms with Crippen LogP contribution in [-0.2, 0) is 4.74 Å². The fourth-order valence-electron chi connectivity index (χ4n) is 2.42. The van der Waals surface area contributed by atoms with E-state index in [1.807, 2.05) is 6.92 Å². The zero-order valence-electron chi connectivity index (χ0n) is 12.6. The van der Waals surface area contributed by atoms with Gasteiger partial charge in [-0.3, -0.25) is 4.79 Å². The summed E-state index contributed by atoms with van der Waals surface area (Å²) in [6, 6.07) is 0. The van der Waals surface area contributed by atoms with Gasteiger partial charge in [0.05, 0.1) is 22.2 Å². The Labute approximate surface area is 129 Å². The predicted octanol–water partition coefficient (Wildman–Crippen LogP) is 3.38. The Morgan fingerprint density at radius 1 is 1.48 bits per heavy atom. The number of nitrogens with zero attached hydrogens (tertiary/aromatic N) is 2. The van der Waals surface area contributed by atoms with Gasteiger partial charge in [-0.2, -0.15) is 0 Å². The van der Waals surface area contributed by atoms with Crippen LogP contribution in [0.5, 0.6) is 0 Å². The number of likely N-dealkylation sites (tertiary alicyclic amines) is 1. The molecule has 0 saturated carbocycles. The fraction of sp³-hybridized carbons (Fsp3) is 0.667. The van der Waals surface area contributed by atoms with E-state index < -0.39 is 0 Å². The third kappa shape index (κ3) is 4.03. The van der Waals surface area contributed by atoms with Crippen molar-refractivity contribution in [2.24, 2.45) is 0 Å². The van der Waals surface area contributed by atoms with Crippen LogP contribution in [0, 0.1) is 6.92 Å². The third-order valence-corrected chi connectivity index (χ3v) is 5.03. The molecule has 1 fully saturated rings. The molecular formula is C15H22N2O3S. The average Bonchev–Trinajstić information content (AvgIpc) is 2.88. The number of thiazole rings is 1. The van der Waals surface area contributed by atoms with Gasteiger partial charge in [0.25, 0.3) is 0 Å². The van der Waals surface area contributed by atoms with Gasteiger partial charge in [-0.25, -0.2) is 9.78 Å². The smallest absolute Gasteiger partial charge is 0.409 e. The van der Waals surface area contributed by atoms with Crippen molar-refractivity contribution in [1.29, 1.82) is 0 Å². The van der Waals surface area contributed by atoms with Crippen LogP contribution in [0.3, 0.4) is 0 Å². The van der Waals surface area contributed by atoms with Crippen molar-refractivity contribution in [2.45, 2.75) is 45.4 Å². The van der Waals surface area contributed by atoms with Crippen molar-refractivity contribution in [3.63, 3.8) is 0 Å². The molecule has 0 bridgehead atoms. The Balaban J connectivity index is 1.85. The predicted molar refractivity (Wildman–Crippen MR) is 82.0 cm³/mol. The minimum absolute atomic E-state index is 0.203. The van der Waals surface area contributed by atoms with Crippen LogP contribution in [0.2, 0.25) is 0 Å². The highest BCUT2D eigenvalue weighted by Crippen LogP contribution is 2.32. The maximum atomic E-state index is 11.9. The summed E-state index contributed by atoms with van der Waals surface area (Å²) in [4.78, 5) is 29.7. The first-order chi connectivity index (χ1) is 10.2. The monoisotopic (exact) mass is 310 g/mol. The zero-order chi connectivity index (χ0) is 15.2. The molecular weight excluding hydrogens is 288 g/mol. The van der Waals surface area contributed by atoms with Gasteiger partial charge >= 0.3 is 6.09 Å². The van der Waals surface area contributed by atoms with Gasteiger partial charge < -0.3 is 9.64 Å². The van der Waals surface area contributed by atoms with Crippen molar-refractivity contribution < 1.29 is 14.3 Å². The number of aromatic nitrogens is 1. The molecule has 1 aromatic rings. The summed E-state index contributed by atoms with van der Waals surface area (Å²) in [5.41, 5.74) is 0.811. The third-order valence-electron chi connectivity index (χ3n) is 3.78. The summed E-state index contributed by atoms with van der Waals surface area (Å²) in [5, 5.41) is 1.02. The second kappa shape index (κ2) is 7.54. The normalized spacial score (nSPS) is 16.0. The summed E-state index contributed by atoms with van der Waals surface area (Å²) in [6.45, 7) is 5.84. The number of piperidine rings is 1. The van der Waals surface area contributed by atoms with Crippen LogP contribution < -0.4 is 0 Å². The minimum Gasteiger partial charge on any atom is -0.449 e. The van der Waals surface area contributed by atoms with E-state index in [1.165, 1.54) is 11.3 Å². The molecule has 0 N–H and O–H groups in total. The van der Waals surface area contributed by atoms with Gasteiger partial charge in [-0.15, -0.1) is 11.3 Å². The van der Waals surface area contributed by atoms with E-state index >= 15 is 0 Å². The molecule has 5 nitrogen and oxygen atoms in total. The Hall–Kier alpha value is -1.43. The average molecular weight is 310 g/mol. The first-order valence-electron chi connectivity index (χ1n) is 7.50. The lowest BCUT2D eigenvalue weighted by atomic mass is 9.98. The zero-order valence-corrected chi connectivity index (χ0v) is 13.4. The van der Waals surface area contributed by atoms with E-state index in [1.54, 1.807) is 4.90 Å². The molecule has 1 aromatic heterocycles. The van der Waals surface area contributed by atoms with Crippen molar-refractivity contribution in [2.75, 3.05) is 19.7 Å². The first kappa shape index (κ1) is 15.9. The number of carbonyl (C=O) groups is 2. The molecule has 0 spiro atoms. The number of aldehydes is 1. The molecule has 1 aliphatic rings. The molecule has 0 unspecified atom stereocenters. The van der Waals surface area contributed by atoms with Gasteiger partial charge in [0.1, 0.15) is 0 Å². The SMILES string of the molecule is CCCCOC(=O)N1CCC(c2nc(C)c(C=O)s2)CC1. The first-order valence-corrected chi connectivity index (χ1v) is 8.31. The van der Waals surface area contributed by atoms with Gasteiger partial charge in [0.2, 0.25) is 0 Å². The molecule has 1 saturated heterocycles. The fourth-order valence-corrected chi connectivity index (χ4v) is 3.47. The van der Waals surface area contributed by atoms with E-state index in [9.17, 15) is 9.59 Å². The van der Waals surface area contributed by atoms with Crippen LogP contribution in [0.1, 0.15) is 58.9 Å². The number of unbranched alkanes of at least 4 members (excludes halogenated alkanes) is 1. The lowest BCUT2D eigenvalue weighted by Crippen LogP contribution is -2.38. The Morgan fingerprint density at radius 2 is 2.19 bits per heavy atom. The maximum absolute atomic E-state index is 11.9. The molecule has 0 radical (unpaired) electrons. The second-order valence-corrected chi connectivity index (χ2v) is 6.41. The summed E-state index contributed by atoms with van der Waals surface area (Å²) in [5.74, 6) is 0.349. The molecule has 2 heterocycles. The van der Waals surface area contributed by atoms with Crippen molar-refractivity contribution in [1.82, 2.24) is 9.88 Å². The number of hydrogen-bond acceptors (Lipinski definition) is 5. The second-order valence-electron chi connectivity index (χ2n) is 5.35. The number of rotatable bonds is 5. The quantitative estimate of drug-likeness (QED) is 0.618. The van der Waals surface area contributed by atoms with Crippen LogP contribution in [-0.4, -0.2) is 42.0 Å². The minimum atomic E-state index is -0.203. The summed E-state index contributed by atoms with van der Waals surface area (Å²) in [7, 11) is 0. The van der Waals surface area contributed by atoms with E-state index in [2.05, 4.69) is 11.9 Å². The van der Waals surface area contributed by atoms with E-state index in [0.29, 0.717) is 30.5 Å². The molecule has 116 valence electrons. The Morgan fingerprint density at radius 3 is 2.76 bits per heavy atom. The molecule has 21 heavy (non-hydrogen) atoms. The standard InChI is InChI=1S/C15H22N2O3S/c1-3-4-9-20-15(19)17-7-5-12(6-8-17)14-16-11(2)13(10-18)21-14/h10,12H,3-9H2,1-2H3. The Kier molecular flexibility index (Phi) is 5.73. The van der Waals surface area contributed by atoms with Crippen LogP contribution in [0.25, 0.3) is 0 Å². The highest BCUT2D eigenvalue weighted by Gasteiger charge is 2.26. The molecule has 0 aliphatic carbocycles. The number of amides is 1. The van der Waals surface area contributed by atoms with E-state index in [0.717, 1.165) is 42.7 Å². The van der Waals surface area contributed by atoms with Crippen molar-refractivity contribution in [3.05, 3.63) is 15.6 Å². The number of carbonyl (C=O) groups excluding carboxylic acids is 2. The summed E-state index contributed by atoms with van der Waals surface area (Å²) >= 11 is 1.48. The lowest BCUT2D eigenvalue weighted by molar-refractivity contribution is 0.0915. The highest BCUT2D eigenvalue weighted by molar-refractivity contribution is 7.13. The topological polar surface area (TPSA) is 59.5 Å². The van der Waals surface area contributed by atoms with Crippen LogP contribution >= 0.6 is 11.3 Å². The highest BCUT2D eigenvalue weighted by atomic mass is 32.1. The van der Waals surface area contributed by atoms with Gasteiger partial charge in [0, 0.05) is 19.0 Å². The maximum Gasteiger partial charge on any atom is 0.409 e. The number of aryl methyl sites for hydroxylation is 1. The van der Waals surface area contributed by atoms with E-state index in [-0.39, 0.29) is 6.09 Å². The van der Waals surface area contributed by atoms with Gasteiger partial charge in [-0.1, -0.05) is 13.3 Å². The number of ether oxygens (including phenoxy) is 1. The Bertz CT molecular complexity index is 493. The number of hydrogen-bond donors (Lipinski definition) is 0.